The zero-order valence-electron chi connectivity index (χ0n) is 13.4. The molecule has 21 heavy (non-hydrogen) atoms. The second-order valence-electron chi connectivity index (χ2n) is 6.61. The topological polar surface area (TPSA) is 40.5 Å². The molecule has 1 aliphatic rings. The number of hydrogen-bond donors (Lipinski definition) is 1. The summed E-state index contributed by atoms with van der Waals surface area (Å²) in [6, 6.07) is 8.82. The number of carbonyl (C=O) groups is 1. The van der Waals surface area contributed by atoms with Crippen molar-refractivity contribution in [1.82, 2.24) is 4.90 Å². The van der Waals surface area contributed by atoms with Crippen LogP contribution in [-0.4, -0.2) is 29.1 Å². The van der Waals surface area contributed by atoms with Gasteiger partial charge in [0.2, 0.25) is 0 Å². The van der Waals surface area contributed by atoms with E-state index in [1.54, 1.807) is 0 Å². The standard InChI is InChI=1S/C18H27NO2/c1-4-18(17(20)21)9-11-19(12-10-18)13-15-5-7-16(8-6-15)14(2)3/h5-8,14H,4,9-13H2,1-3H3,(H,20,21). The van der Waals surface area contributed by atoms with Gasteiger partial charge in [0.25, 0.3) is 0 Å². The maximum atomic E-state index is 11.5. The Labute approximate surface area is 128 Å². The maximum absolute atomic E-state index is 11.5. The molecule has 1 fully saturated rings. The van der Waals surface area contributed by atoms with Gasteiger partial charge in [-0.05, 0) is 49.4 Å². The van der Waals surface area contributed by atoms with Crippen LogP contribution in [0.3, 0.4) is 0 Å². The predicted molar refractivity (Wildman–Crippen MR) is 85.4 cm³/mol. The van der Waals surface area contributed by atoms with Crippen LogP contribution in [0.2, 0.25) is 0 Å². The Morgan fingerprint density at radius 1 is 1.24 bits per heavy atom. The Balaban J connectivity index is 1.93. The number of carboxylic acids is 1. The van der Waals surface area contributed by atoms with Crippen LogP contribution in [0.1, 0.15) is 57.1 Å². The van der Waals surface area contributed by atoms with Crippen molar-refractivity contribution in [2.24, 2.45) is 5.41 Å². The minimum Gasteiger partial charge on any atom is -0.481 e. The minimum atomic E-state index is -0.620. The molecule has 1 aliphatic heterocycles. The van der Waals surface area contributed by atoms with Crippen LogP contribution in [0.4, 0.5) is 0 Å². The summed E-state index contributed by atoms with van der Waals surface area (Å²) in [5.74, 6) is -0.0549. The van der Waals surface area contributed by atoms with E-state index in [9.17, 15) is 9.90 Å². The van der Waals surface area contributed by atoms with E-state index in [0.29, 0.717) is 5.92 Å². The molecule has 0 aromatic heterocycles. The largest absolute Gasteiger partial charge is 0.481 e. The SMILES string of the molecule is CCC1(C(=O)O)CCN(Cc2ccc(C(C)C)cc2)CC1. The normalized spacial score (nSPS) is 18.9. The number of benzene rings is 1. The van der Waals surface area contributed by atoms with Gasteiger partial charge in [-0.1, -0.05) is 45.0 Å². The first-order valence-corrected chi connectivity index (χ1v) is 8.01. The average Bonchev–Trinajstić information content (AvgIpc) is 2.48. The Kier molecular flexibility index (Phi) is 5.04. The van der Waals surface area contributed by atoms with Crippen molar-refractivity contribution in [3.05, 3.63) is 35.4 Å². The molecule has 2 rings (SSSR count). The Hall–Kier alpha value is -1.35. The van der Waals surface area contributed by atoms with Crippen LogP contribution in [0.25, 0.3) is 0 Å². The van der Waals surface area contributed by atoms with Crippen molar-refractivity contribution in [1.29, 1.82) is 0 Å². The number of aliphatic carboxylic acids is 1. The first-order valence-electron chi connectivity index (χ1n) is 8.01. The molecule has 0 radical (unpaired) electrons. The lowest BCUT2D eigenvalue weighted by Crippen LogP contribution is -2.43. The molecule has 0 bridgehead atoms. The van der Waals surface area contributed by atoms with Gasteiger partial charge in [0.15, 0.2) is 0 Å². The smallest absolute Gasteiger partial charge is 0.309 e. The fraction of sp³-hybridized carbons (Fsp3) is 0.611. The van der Waals surface area contributed by atoms with E-state index in [2.05, 4.69) is 43.0 Å². The molecule has 0 spiro atoms. The molecule has 1 aromatic rings. The second kappa shape index (κ2) is 6.61. The summed E-state index contributed by atoms with van der Waals surface area (Å²) in [5.41, 5.74) is 2.20. The summed E-state index contributed by atoms with van der Waals surface area (Å²) in [6.07, 6.45) is 2.27. The Bertz CT molecular complexity index is 470. The fourth-order valence-corrected chi connectivity index (χ4v) is 3.12. The molecular weight excluding hydrogens is 262 g/mol. The van der Waals surface area contributed by atoms with Crippen molar-refractivity contribution < 1.29 is 9.90 Å². The number of likely N-dealkylation sites (tertiary alicyclic amines) is 1. The first kappa shape index (κ1) is 16.0. The summed E-state index contributed by atoms with van der Waals surface area (Å²) in [5, 5.41) is 9.43. The van der Waals surface area contributed by atoms with Crippen molar-refractivity contribution in [3.63, 3.8) is 0 Å². The molecule has 0 unspecified atom stereocenters. The second-order valence-corrected chi connectivity index (χ2v) is 6.61. The van der Waals surface area contributed by atoms with Gasteiger partial charge in [0.1, 0.15) is 0 Å². The third-order valence-corrected chi connectivity index (χ3v) is 5.00. The van der Waals surface area contributed by atoms with Gasteiger partial charge < -0.3 is 5.11 Å². The third-order valence-electron chi connectivity index (χ3n) is 5.00. The van der Waals surface area contributed by atoms with Gasteiger partial charge in [-0.3, -0.25) is 9.69 Å². The summed E-state index contributed by atoms with van der Waals surface area (Å²) >= 11 is 0. The van der Waals surface area contributed by atoms with Crippen LogP contribution in [0.15, 0.2) is 24.3 Å². The lowest BCUT2D eigenvalue weighted by atomic mass is 9.76. The third kappa shape index (κ3) is 3.65. The lowest BCUT2D eigenvalue weighted by molar-refractivity contribution is -0.152. The van der Waals surface area contributed by atoms with E-state index < -0.39 is 11.4 Å². The quantitative estimate of drug-likeness (QED) is 0.894. The van der Waals surface area contributed by atoms with Crippen LogP contribution in [0.5, 0.6) is 0 Å². The first-order chi connectivity index (χ1) is 9.97. The molecule has 1 saturated heterocycles. The van der Waals surface area contributed by atoms with Gasteiger partial charge in [-0.15, -0.1) is 0 Å². The lowest BCUT2D eigenvalue weighted by Gasteiger charge is -2.38. The molecule has 0 amide bonds. The predicted octanol–water partition coefficient (Wildman–Crippen LogP) is 3.89. The highest BCUT2D eigenvalue weighted by molar-refractivity contribution is 5.74. The highest BCUT2D eigenvalue weighted by Crippen LogP contribution is 2.35. The molecule has 1 N–H and O–H groups in total. The minimum absolute atomic E-state index is 0.488. The van der Waals surface area contributed by atoms with Crippen LogP contribution < -0.4 is 0 Å². The van der Waals surface area contributed by atoms with E-state index in [0.717, 1.165) is 38.9 Å². The summed E-state index contributed by atoms with van der Waals surface area (Å²) in [6.45, 7) is 9.09. The molecule has 0 atom stereocenters. The maximum Gasteiger partial charge on any atom is 0.309 e. The highest BCUT2D eigenvalue weighted by Gasteiger charge is 2.39. The van der Waals surface area contributed by atoms with Crippen molar-refractivity contribution in [3.8, 4) is 0 Å². The zero-order chi connectivity index (χ0) is 15.5. The van der Waals surface area contributed by atoms with E-state index in [1.807, 2.05) is 6.92 Å². The zero-order valence-corrected chi connectivity index (χ0v) is 13.4. The molecule has 3 nitrogen and oxygen atoms in total. The number of rotatable bonds is 5. The number of nitrogens with zero attached hydrogens (tertiary/aromatic N) is 1. The number of carboxylic acid groups (broad SMARTS) is 1. The van der Waals surface area contributed by atoms with E-state index in [4.69, 9.17) is 0 Å². The Morgan fingerprint density at radius 2 is 1.81 bits per heavy atom. The monoisotopic (exact) mass is 289 g/mol. The fourth-order valence-electron chi connectivity index (χ4n) is 3.12. The van der Waals surface area contributed by atoms with Gasteiger partial charge >= 0.3 is 5.97 Å². The van der Waals surface area contributed by atoms with Crippen LogP contribution in [-0.2, 0) is 11.3 Å². The van der Waals surface area contributed by atoms with Crippen molar-refractivity contribution >= 4 is 5.97 Å². The summed E-state index contributed by atoms with van der Waals surface area (Å²) in [7, 11) is 0. The molecule has 3 heteroatoms. The van der Waals surface area contributed by atoms with Gasteiger partial charge in [-0.2, -0.15) is 0 Å². The average molecular weight is 289 g/mol. The molecule has 1 heterocycles. The number of hydrogen-bond acceptors (Lipinski definition) is 2. The van der Waals surface area contributed by atoms with Crippen molar-refractivity contribution in [2.75, 3.05) is 13.1 Å². The molecule has 0 aliphatic carbocycles. The van der Waals surface area contributed by atoms with E-state index in [-0.39, 0.29) is 0 Å². The summed E-state index contributed by atoms with van der Waals surface area (Å²) in [4.78, 5) is 13.8. The number of piperidine rings is 1. The molecule has 0 saturated carbocycles. The van der Waals surface area contributed by atoms with E-state index >= 15 is 0 Å². The van der Waals surface area contributed by atoms with Gasteiger partial charge in [0.05, 0.1) is 5.41 Å². The molecule has 1 aromatic carbocycles. The van der Waals surface area contributed by atoms with E-state index in [1.165, 1.54) is 11.1 Å². The van der Waals surface area contributed by atoms with Crippen LogP contribution in [0, 0.1) is 5.41 Å². The summed E-state index contributed by atoms with van der Waals surface area (Å²) < 4.78 is 0. The highest BCUT2D eigenvalue weighted by atomic mass is 16.4. The van der Waals surface area contributed by atoms with Gasteiger partial charge in [-0.25, -0.2) is 0 Å². The molecule has 116 valence electrons. The Morgan fingerprint density at radius 3 is 2.24 bits per heavy atom. The van der Waals surface area contributed by atoms with Gasteiger partial charge in [0, 0.05) is 6.54 Å². The molecular formula is C18H27NO2. The van der Waals surface area contributed by atoms with Crippen LogP contribution >= 0.6 is 0 Å². The van der Waals surface area contributed by atoms with Crippen molar-refractivity contribution in [2.45, 2.75) is 52.5 Å².